The van der Waals surface area contributed by atoms with Crippen LogP contribution in [0.1, 0.15) is 24.5 Å². The highest BCUT2D eigenvalue weighted by atomic mass is 127. The molecule has 1 atom stereocenters. The van der Waals surface area contributed by atoms with Crippen molar-refractivity contribution in [3.63, 3.8) is 0 Å². The van der Waals surface area contributed by atoms with Gasteiger partial charge in [0.05, 0.1) is 20.6 Å². The summed E-state index contributed by atoms with van der Waals surface area (Å²) in [4.78, 5) is 29.6. The number of carbonyl (C=O) groups excluding carboxylic acids is 2. The SMILES string of the molecule is CCCNC(=O)[C@@H](Cc1ccccc1)N(Cc1ccc(Cl)c(Cl)c1)C(=O)CN(c1ccc(I)cc1)S(=O)(=O)c1ccccc1. The zero-order chi connectivity index (χ0) is 31.7. The number of amides is 2. The minimum atomic E-state index is -4.16. The smallest absolute Gasteiger partial charge is 0.264 e. The first-order valence-corrected chi connectivity index (χ1v) is 17.3. The topological polar surface area (TPSA) is 86.8 Å². The standard InChI is InChI=1S/C33H32Cl2IN3O4S/c1-2-19-37-33(41)31(21-24-9-5-3-6-10-24)38(22-25-13-18-29(34)30(35)20-25)32(40)23-39(27-16-14-26(36)15-17-27)44(42,43)28-11-7-4-8-12-28/h3-18,20,31H,2,19,21-23H2,1H3,(H,37,41)/t31-/m1/s1. The Morgan fingerprint density at radius 1 is 0.841 bits per heavy atom. The second kappa shape index (κ2) is 15.7. The molecule has 0 saturated carbocycles. The van der Waals surface area contributed by atoms with E-state index in [-0.39, 0.29) is 23.8 Å². The van der Waals surface area contributed by atoms with Crippen molar-refractivity contribution in [3.8, 4) is 0 Å². The van der Waals surface area contributed by atoms with Crippen LogP contribution in [0.25, 0.3) is 0 Å². The fourth-order valence-corrected chi connectivity index (χ4v) is 6.73. The van der Waals surface area contributed by atoms with Gasteiger partial charge in [0.15, 0.2) is 0 Å². The van der Waals surface area contributed by atoms with E-state index in [0.29, 0.717) is 34.3 Å². The first kappa shape index (κ1) is 33.8. The Bertz CT molecular complexity index is 1670. The van der Waals surface area contributed by atoms with Crippen LogP contribution in [0.2, 0.25) is 10.0 Å². The molecule has 0 bridgehead atoms. The molecule has 0 spiro atoms. The number of benzene rings is 4. The van der Waals surface area contributed by atoms with Gasteiger partial charge >= 0.3 is 0 Å². The van der Waals surface area contributed by atoms with Gasteiger partial charge in [-0.1, -0.05) is 84.7 Å². The summed E-state index contributed by atoms with van der Waals surface area (Å²) < 4.78 is 30.0. The third-order valence-corrected chi connectivity index (χ3v) is 10.1. The van der Waals surface area contributed by atoms with Gasteiger partial charge in [-0.2, -0.15) is 0 Å². The summed E-state index contributed by atoms with van der Waals surface area (Å²) in [6.07, 6.45) is 0.929. The highest BCUT2D eigenvalue weighted by molar-refractivity contribution is 14.1. The highest BCUT2D eigenvalue weighted by Gasteiger charge is 2.34. The van der Waals surface area contributed by atoms with E-state index in [0.717, 1.165) is 13.4 Å². The predicted octanol–water partition coefficient (Wildman–Crippen LogP) is 6.96. The van der Waals surface area contributed by atoms with Gasteiger partial charge in [-0.15, -0.1) is 0 Å². The van der Waals surface area contributed by atoms with Crippen LogP contribution < -0.4 is 9.62 Å². The van der Waals surface area contributed by atoms with Gasteiger partial charge in [0.25, 0.3) is 10.0 Å². The number of nitrogens with one attached hydrogen (secondary N) is 1. The van der Waals surface area contributed by atoms with Gasteiger partial charge in [0.1, 0.15) is 12.6 Å². The van der Waals surface area contributed by atoms with Gasteiger partial charge in [-0.25, -0.2) is 8.42 Å². The number of rotatable bonds is 13. The summed E-state index contributed by atoms with van der Waals surface area (Å²) in [5.74, 6) is -0.891. The third-order valence-electron chi connectivity index (χ3n) is 6.88. The van der Waals surface area contributed by atoms with E-state index in [1.807, 2.05) is 37.3 Å². The molecule has 1 N–H and O–H groups in total. The maximum atomic E-state index is 14.4. The molecule has 0 saturated heterocycles. The lowest BCUT2D eigenvalue weighted by Gasteiger charge is -2.34. The lowest BCUT2D eigenvalue weighted by atomic mass is 10.0. The number of carbonyl (C=O) groups is 2. The average molecular weight is 765 g/mol. The summed E-state index contributed by atoms with van der Waals surface area (Å²) >= 11 is 14.6. The van der Waals surface area contributed by atoms with Crippen LogP contribution in [-0.4, -0.2) is 44.3 Å². The van der Waals surface area contributed by atoms with Crippen LogP contribution >= 0.6 is 45.8 Å². The first-order chi connectivity index (χ1) is 21.1. The van der Waals surface area contributed by atoms with Gasteiger partial charge < -0.3 is 10.2 Å². The number of sulfonamides is 1. The van der Waals surface area contributed by atoms with E-state index < -0.39 is 28.5 Å². The van der Waals surface area contributed by atoms with Gasteiger partial charge in [-0.05, 0) is 88.7 Å². The zero-order valence-corrected chi connectivity index (χ0v) is 28.5. The van der Waals surface area contributed by atoms with E-state index in [2.05, 4.69) is 27.9 Å². The van der Waals surface area contributed by atoms with Gasteiger partial charge in [-0.3, -0.25) is 13.9 Å². The summed E-state index contributed by atoms with van der Waals surface area (Å²) in [5.41, 5.74) is 1.82. The largest absolute Gasteiger partial charge is 0.354 e. The molecular weight excluding hydrogens is 732 g/mol. The third kappa shape index (κ3) is 8.74. The molecular formula is C33H32Cl2IN3O4S. The Kier molecular flexibility index (Phi) is 12.1. The maximum absolute atomic E-state index is 14.4. The number of hydrogen-bond donors (Lipinski definition) is 1. The van der Waals surface area contributed by atoms with Crippen molar-refractivity contribution in [2.24, 2.45) is 0 Å². The molecule has 230 valence electrons. The Morgan fingerprint density at radius 2 is 1.48 bits per heavy atom. The molecule has 0 heterocycles. The molecule has 4 rings (SSSR count). The molecule has 0 aliphatic rings. The van der Waals surface area contributed by atoms with Crippen LogP contribution in [0.4, 0.5) is 5.69 Å². The Hall–Kier alpha value is -3.12. The molecule has 0 aliphatic heterocycles. The predicted molar refractivity (Wildman–Crippen MR) is 184 cm³/mol. The number of anilines is 1. The van der Waals surface area contributed by atoms with Crippen LogP contribution in [0, 0.1) is 3.57 Å². The van der Waals surface area contributed by atoms with E-state index >= 15 is 0 Å². The summed E-state index contributed by atoms with van der Waals surface area (Å²) in [6.45, 7) is 1.83. The van der Waals surface area contributed by atoms with Crippen molar-refractivity contribution in [2.45, 2.75) is 37.2 Å². The number of hydrogen-bond acceptors (Lipinski definition) is 4. The second-order valence-electron chi connectivity index (χ2n) is 10.1. The fraction of sp³-hybridized carbons (Fsp3) is 0.212. The van der Waals surface area contributed by atoms with Crippen molar-refractivity contribution in [2.75, 3.05) is 17.4 Å². The maximum Gasteiger partial charge on any atom is 0.264 e. The molecule has 0 unspecified atom stereocenters. The molecule has 2 amide bonds. The molecule has 4 aromatic carbocycles. The summed E-state index contributed by atoms with van der Waals surface area (Å²) in [7, 11) is -4.16. The van der Waals surface area contributed by atoms with E-state index in [1.165, 1.54) is 17.0 Å². The Labute approximate surface area is 282 Å². The Morgan fingerprint density at radius 3 is 2.09 bits per heavy atom. The minimum Gasteiger partial charge on any atom is -0.354 e. The molecule has 0 radical (unpaired) electrons. The normalized spacial score (nSPS) is 11.9. The fourth-order valence-electron chi connectivity index (χ4n) is 4.61. The highest BCUT2D eigenvalue weighted by Crippen LogP contribution is 2.27. The van der Waals surface area contributed by atoms with Crippen molar-refractivity contribution in [1.82, 2.24) is 10.2 Å². The summed E-state index contributed by atoms with van der Waals surface area (Å²) in [6, 6.07) is 28.3. The summed E-state index contributed by atoms with van der Waals surface area (Å²) in [5, 5.41) is 3.59. The number of nitrogens with zero attached hydrogens (tertiary/aromatic N) is 2. The zero-order valence-electron chi connectivity index (χ0n) is 24.0. The molecule has 0 aliphatic carbocycles. The number of halogens is 3. The van der Waals surface area contributed by atoms with Gasteiger partial charge in [0.2, 0.25) is 11.8 Å². The quantitative estimate of drug-likeness (QED) is 0.149. The molecule has 11 heteroatoms. The van der Waals surface area contributed by atoms with Crippen LogP contribution in [0.3, 0.4) is 0 Å². The van der Waals surface area contributed by atoms with Crippen LogP contribution in [-0.2, 0) is 32.6 Å². The molecule has 0 aromatic heterocycles. The molecule has 4 aromatic rings. The molecule has 44 heavy (non-hydrogen) atoms. The van der Waals surface area contributed by atoms with E-state index in [9.17, 15) is 18.0 Å². The van der Waals surface area contributed by atoms with Gasteiger partial charge in [0, 0.05) is 23.1 Å². The van der Waals surface area contributed by atoms with E-state index in [4.69, 9.17) is 23.2 Å². The van der Waals surface area contributed by atoms with Crippen LogP contribution in [0.5, 0.6) is 0 Å². The second-order valence-corrected chi connectivity index (χ2v) is 14.0. The van der Waals surface area contributed by atoms with Crippen molar-refractivity contribution < 1.29 is 18.0 Å². The van der Waals surface area contributed by atoms with E-state index in [1.54, 1.807) is 60.7 Å². The monoisotopic (exact) mass is 763 g/mol. The minimum absolute atomic E-state index is 0.00131. The lowest BCUT2D eigenvalue weighted by molar-refractivity contribution is -0.140. The molecule has 7 nitrogen and oxygen atoms in total. The van der Waals surface area contributed by atoms with Crippen molar-refractivity contribution >= 4 is 73.3 Å². The van der Waals surface area contributed by atoms with Crippen LogP contribution in [0.15, 0.2) is 108 Å². The van der Waals surface area contributed by atoms with Crippen molar-refractivity contribution in [3.05, 3.63) is 128 Å². The van der Waals surface area contributed by atoms with Crippen molar-refractivity contribution in [1.29, 1.82) is 0 Å². The Balaban J connectivity index is 1.80. The first-order valence-electron chi connectivity index (χ1n) is 14.0. The average Bonchev–Trinajstić information content (AvgIpc) is 3.03. The lowest BCUT2D eigenvalue weighted by Crippen LogP contribution is -2.53. The molecule has 0 fully saturated rings.